The maximum Gasteiger partial charge on any atom is 0.348 e. The van der Waals surface area contributed by atoms with Crippen molar-refractivity contribution in [3.8, 4) is 11.8 Å². The molecule has 0 aliphatic carbocycles. The van der Waals surface area contributed by atoms with Crippen LogP contribution in [0.25, 0.3) is 6.08 Å². The minimum absolute atomic E-state index is 0.0369. The van der Waals surface area contributed by atoms with Gasteiger partial charge >= 0.3 is 5.97 Å². The highest BCUT2D eigenvalue weighted by molar-refractivity contribution is 6.37. The second-order valence-corrected chi connectivity index (χ2v) is 4.04. The molecule has 0 bridgehead atoms. The van der Waals surface area contributed by atoms with E-state index < -0.39 is 5.97 Å². The quantitative estimate of drug-likeness (QED) is 0.526. The maximum atomic E-state index is 11.4. The molecule has 0 amide bonds. The number of hydrogen-bond donors (Lipinski definition) is 1. The first kappa shape index (κ1) is 14.4. The summed E-state index contributed by atoms with van der Waals surface area (Å²) >= 11 is 11.4. The molecule has 1 aromatic rings. The molecular weight excluding hydrogens is 277 g/mol. The second-order valence-electron chi connectivity index (χ2n) is 3.22. The lowest BCUT2D eigenvalue weighted by atomic mass is 10.1. The molecule has 0 saturated heterocycles. The average Bonchev–Trinajstić information content (AvgIpc) is 2.33. The lowest BCUT2D eigenvalue weighted by Gasteiger charge is -2.03. The highest BCUT2D eigenvalue weighted by Gasteiger charge is 2.11. The summed E-state index contributed by atoms with van der Waals surface area (Å²) in [5.41, 5.74) is 0.252. The van der Waals surface area contributed by atoms with Crippen molar-refractivity contribution in [2.45, 2.75) is 6.92 Å². The second kappa shape index (κ2) is 6.29. The van der Waals surface area contributed by atoms with E-state index in [1.54, 1.807) is 13.0 Å². The van der Waals surface area contributed by atoms with Crippen molar-refractivity contribution in [3.63, 3.8) is 0 Å². The normalized spacial score (nSPS) is 10.9. The number of phenols is 1. The van der Waals surface area contributed by atoms with Crippen LogP contribution in [0.5, 0.6) is 5.75 Å². The van der Waals surface area contributed by atoms with Crippen LogP contribution in [0, 0.1) is 11.3 Å². The van der Waals surface area contributed by atoms with Gasteiger partial charge < -0.3 is 9.84 Å². The minimum Gasteiger partial charge on any atom is -0.505 e. The van der Waals surface area contributed by atoms with Gasteiger partial charge in [-0.2, -0.15) is 5.26 Å². The summed E-state index contributed by atoms with van der Waals surface area (Å²) in [7, 11) is 0. The first-order valence-electron chi connectivity index (χ1n) is 4.96. The molecule has 0 spiro atoms. The van der Waals surface area contributed by atoms with Crippen molar-refractivity contribution >= 4 is 35.2 Å². The van der Waals surface area contributed by atoms with Gasteiger partial charge in [0.2, 0.25) is 0 Å². The van der Waals surface area contributed by atoms with Crippen LogP contribution in [0.3, 0.4) is 0 Å². The molecule has 94 valence electrons. The first-order valence-corrected chi connectivity index (χ1v) is 5.72. The Kier molecular flexibility index (Phi) is 5.02. The van der Waals surface area contributed by atoms with E-state index in [4.69, 9.17) is 33.2 Å². The number of carbonyl (C=O) groups is 1. The molecule has 0 fully saturated rings. The van der Waals surface area contributed by atoms with Crippen molar-refractivity contribution in [2.24, 2.45) is 0 Å². The summed E-state index contributed by atoms with van der Waals surface area (Å²) in [6.45, 7) is 1.82. The Labute approximate surface area is 114 Å². The zero-order valence-corrected chi connectivity index (χ0v) is 10.9. The van der Waals surface area contributed by atoms with Crippen molar-refractivity contribution in [3.05, 3.63) is 33.3 Å². The number of rotatable bonds is 3. The smallest absolute Gasteiger partial charge is 0.348 e. The number of ether oxygens (including phenoxy) is 1. The van der Waals surface area contributed by atoms with E-state index >= 15 is 0 Å². The zero-order chi connectivity index (χ0) is 13.7. The standard InChI is InChI=1S/C12H9Cl2NO3/c1-2-18-12(17)8(6-15)3-7-4-9(13)11(16)10(14)5-7/h3-5,16H,2H2,1H3. The predicted molar refractivity (Wildman–Crippen MR) is 68.3 cm³/mol. The number of hydrogen-bond acceptors (Lipinski definition) is 4. The van der Waals surface area contributed by atoms with Crippen molar-refractivity contribution in [2.75, 3.05) is 6.61 Å². The molecule has 0 radical (unpaired) electrons. The summed E-state index contributed by atoms with van der Waals surface area (Å²) in [6, 6.07) is 4.50. The summed E-state index contributed by atoms with van der Waals surface area (Å²) in [5.74, 6) is -0.967. The number of esters is 1. The number of benzene rings is 1. The fraction of sp³-hybridized carbons (Fsp3) is 0.167. The fourth-order valence-electron chi connectivity index (χ4n) is 1.18. The summed E-state index contributed by atoms with van der Waals surface area (Å²) in [6.07, 6.45) is 1.29. The average molecular weight is 286 g/mol. The van der Waals surface area contributed by atoms with E-state index in [2.05, 4.69) is 0 Å². The molecule has 0 aromatic heterocycles. The third-order valence-electron chi connectivity index (χ3n) is 1.97. The Balaban J connectivity index is 3.15. The fourth-order valence-corrected chi connectivity index (χ4v) is 1.68. The van der Waals surface area contributed by atoms with Crippen LogP contribution in [-0.2, 0) is 9.53 Å². The number of nitrogens with zero attached hydrogens (tertiary/aromatic N) is 1. The van der Waals surface area contributed by atoms with Crippen LogP contribution in [0.15, 0.2) is 17.7 Å². The van der Waals surface area contributed by atoms with Crippen molar-refractivity contribution < 1.29 is 14.6 Å². The van der Waals surface area contributed by atoms with Crippen molar-refractivity contribution in [1.82, 2.24) is 0 Å². The van der Waals surface area contributed by atoms with Crippen LogP contribution in [-0.4, -0.2) is 17.7 Å². The Morgan fingerprint density at radius 2 is 2.06 bits per heavy atom. The molecule has 0 atom stereocenters. The van der Waals surface area contributed by atoms with E-state index in [0.717, 1.165) is 0 Å². The molecule has 6 heteroatoms. The van der Waals surface area contributed by atoms with E-state index in [1.165, 1.54) is 18.2 Å². The Hall–Kier alpha value is -1.70. The van der Waals surface area contributed by atoms with Crippen LogP contribution >= 0.6 is 23.2 Å². The lowest BCUT2D eigenvalue weighted by Crippen LogP contribution is -2.05. The number of nitriles is 1. The molecular formula is C12H9Cl2NO3. The van der Waals surface area contributed by atoms with E-state index in [9.17, 15) is 9.90 Å². The summed E-state index contributed by atoms with van der Waals surface area (Å²) in [4.78, 5) is 11.4. The molecule has 1 N–H and O–H groups in total. The Morgan fingerprint density at radius 3 is 2.50 bits per heavy atom. The molecule has 18 heavy (non-hydrogen) atoms. The molecule has 4 nitrogen and oxygen atoms in total. The number of halogens is 2. The minimum atomic E-state index is -0.722. The van der Waals surface area contributed by atoms with Crippen LogP contribution in [0.2, 0.25) is 10.0 Å². The van der Waals surface area contributed by atoms with Gasteiger partial charge in [-0.25, -0.2) is 4.79 Å². The number of aromatic hydroxyl groups is 1. The zero-order valence-electron chi connectivity index (χ0n) is 9.41. The lowest BCUT2D eigenvalue weighted by molar-refractivity contribution is -0.137. The van der Waals surface area contributed by atoms with Gasteiger partial charge in [0.1, 0.15) is 11.6 Å². The third kappa shape index (κ3) is 3.39. The largest absolute Gasteiger partial charge is 0.505 e. The maximum absolute atomic E-state index is 11.4. The highest BCUT2D eigenvalue weighted by Crippen LogP contribution is 2.33. The third-order valence-corrected chi connectivity index (χ3v) is 2.54. The van der Waals surface area contributed by atoms with Crippen LogP contribution in [0.4, 0.5) is 0 Å². The van der Waals surface area contributed by atoms with Gasteiger partial charge in [0, 0.05) is 0 Å². The molecule has 1 aromatic carbocycles. The van der Waals surface area contributed by atoms with Gasteiger partial charge in [0.05, 0.1) is 16.7 Å². The van der Waals surface area contributed by atoms with Gasteiger partial charge in [0.15, 0.2) is 5.75 Å². The van der Waals surface area contributed by atoms with E-state index in [1.807, 2.05) is 0 Å². The molecule has 0 aliphatic heterocycles. The predicted octanol–water partition coefficient (Wildman–Crippen LogP) is 3.17. The van der Waals surface area contributed by atoms with Crippen LogP contribution in [0.1, 0.15) is 12.5 Å². The molecule has 0 heterocycles. The SMILES string of the molecule is CCOC(=O)C(C#N)=Cc1cc(Cl)c(O)c(Cl)c1. The number of carbonyl (C=O) groups excluding carboxylic acids is 1. The van der Waals surface area contributed by atoms with Gasteiger partial charge in [-0.05, 0) is 30.7 Å². The van der Waals surface area contributed by atoms with E-state index in [-0.39, 0.29) is 28.0 Å². The monoisotopic (exact) mass is 285 g/mol. The van der Waals surface area contributed by atoms with Gasteiger partial charge in [0.25, 0.3) is 0 Å². The van der Waals surface area contributed by atoms with Gasteiger partial charge in [-0.3, -0.25) is 0 Å². The first-order chi connectivity index (χ1) is 8.49. The molecule has 0 unspecified atom stereocenters. The molecule has 0 saturated carbocycles. The Bertz CT molecular complexity index is 524. The number of phenolic OH excluding ortho intramolecular Hbond substituents is 1. The molecule has 1 rings (SSSR count). The van der Waals surface area contributed by atoms with Crippen molar-refractivity contribution in [1.29, 1.82) is 5.26 Å². The van der Waals surface area contributed by atoms with Gasteiger partial charge in [-0.1, -0.05) is 23.2 Å². The van der Waals surface area contributed by atoms with Gasteiger partial charge in [-0.15, -0.1) is 0 Å². The topological polar surface area (TPSA) is 70.3 Å². The summed E-state index contributed by atoms with van der Waals surface area (Å²) in [5, 5.41) is 18.3. The summed E-state index contributed by atoms with van der Waals surface area (Å²) < 4.78 is 4.71. The van der Waals surface area contributed by atoms with Crippen LogP contribution < -0.4 is 0 Å². The molecule has 0 aliphatic rings. The van der Waals surface area contributed by atoms with E-state index in [0.29, 0.717) is 5.56 Å². The Morgan fingerprint density at radius 1 is 1.50 bits per heavy atom. The highest BCUT2D eigenvalue weighted by atomic mass is 35.5.